The molecule has 0 atom stereocenters. The number of nitrogens with two attached hydrogens (primary N) is 1. The van der Waals surface area contributed by atoms with Crippen molar-refractivity contribution in [1.82, 2.24) is 0 Å². The molecular formula is C2H4N2O2S. The van der Waals surface area contributed by atoms with E-state index in [4.69, 9.17) is 15.0 Å². The van der Waals surface area contributed by atoms with Crippen LogP contribution >= 0.6 is 12.6 Å². The molecule has 3 N–H and O–H groups in total. The van der Waals surface area contributed by atoms with Crippen molar-refractivity contribution >= 4 is 23.9 Å². The molecule has 0 aromatic carbocycles. The highest BCUT2D eigenvalue weighted by Gasteiger charge is 1.63. The standard InChI is InChI=1S/CH3NOS.CHNO/c2-1(3)4;2-1-3/h(H3,2,3,4);2H. The molecule has 0 heterocycles. The minimum absolute atomic E-state index is 0.639. The number of primary amides is 1. The van der Waals surface area contributed by atoms with Gasteiger partial charge >= 0.3 is 0 Å². The van der Waals surface area contributed by atoms with Gasteiger partial charge in [-0.2, -0.15) is 0 Å². The van der Waals surface area contributed by atoms with Crippen molar-refractivity contribution in [2.24, 2.45) is 5.73 Å². The Hall–Kier alpha value is -0.800. The van der Waals surface area contributed by atoms with Gasteiger partial charge in [-0.05, 0) is 0 Å². The molecule has 0 fully saturated rings. The molecule has 5 heteroatoms. The second kappa shape index (κ2) is 8.96. The zero-order chi connectivity index (χ0) is 6.28. The third kappa shape index (κ3) is 83.2. The average Bonchev–Trinajstić information content (AvgIpc) is 1.33. The van der Waals surface area contributed by atoms with Crippen LogP contribution in [-0.4, -0.2) is 11.3 Å². The molecule has 4 nitrogen and oxygen atoms in total. The molecule has 0 saturated carbocycles. The van der Waals surface area contributed by atoms with Gasteiger partial charge in [-0.15, -0.1) is 0 Å². The van der Waals surface area contributed by atoms with Crippen LogP contribution in [0.3, 0.4) is 0 Å². The zero-order valence-corrected chi connectivity index (χ0v) is 4.24. The van der Waals surface area contributed by atoms with Gasteiger partial charge in [0.05, 0.1) is 0 Å². The van der Waals surface area contributed by atoms with Gasteiger partial charge in [0, 0.05) is 0 Å². The van der Waals surface area contributed by atoms with Crippen molar-refractivity contribution < 1.29 is 9.59 Å². The van der Waals surface area contributed by atoms with Gasteiger partial charge in [0.15, 0.2) is 0 Å². The largest absolute Gasteiger partial charge is 0.361 e. The summed E-state index contributed by atoms with van der Waals surface area (Å²) in [6.45, 7) is 0. The summed E-state index contributed by atoms with van der Waals surface area (Å²) < 4.78 is 0. The third-order valence-corrected chi connectivity index (χ3v) is 0. The molecule has 40 valence electrons. The summed E-state index contributed by atoms with van der Waals surface area (Å²) in [7, 11) is 0. The highest BCUT2D eigenvalue weighted by atomic mass is 32.1. The maximum Gasteiger partial charge on any atom is 0.273 e. The van der Waals surface area contributed by atoms with E-state index in [2.05, 4.69) is 18.4 Å². The molecule has 0 aliphatic carbocycles. The molecule has 7 heavy (non-hydrogen) atoms. The van der Waals surface area contributed by atoms with Gasteiger partial charge in [-0.1, -0.05) is 12.6 Å². The lowest BCUT2D eigenvalue weighted by Gasteiger charge is -1.58. The van der Waals surface area contributed by atoms with Crippen molar-refractivity contribution in [3.63, 3.8) is 0 Å². The first-order valence-electron chi connectivity index (χ1n) is 1.17. The first-order chi connectivity index (χ1) is 3.15. The minimum atomic E-state index is -0.639. The summed E-state index contributed by atoms with van der Waals surface area (Å²) in [5.74, 6) is 0. The van der Waals surface area contributed by atoms with Crippen LogP contribution < -0.4 is 5.73 Å². The Kier molecular flexibility index (Phi) is 12.2. The van der Waals surface area contributed by atoms with Crippen LogP contribution in [0.15, 0.2) is 0 Å². The summed E-state index contributed by atoms with van der Waals surface area (Å²) in [5, 5.41) is 4.76. The zero-order valence-electron chi connectivity index (χ0n) is 3.34. The van der Waals surface area contributed by atoms with E-state index in [1.807, 2.05) is 0 Å². The van der Waals surface area contributed by atoms with Crippen LogP contribution in [0, 0.1) is 5.41 Å². The highest BCUT2D eigenvalue weighted by Crippen LogP contribution is 1.60. The van der Waals surface area contributed by atoms with Gasteiger partial charge in [0.25, 0.3) is 5.24 Å². The average molecular weight is 120 g/mol. The Morgan fingerprint density at radius 3 is 1.86 bits per heavy atom. The number of amides is 1. The van der Waals surface area contributed by atoms with Gasteiger partial charge in [0.1, 0.15) is 0 Å². The Balaban J connectivity index is 0. The molecule has 0 rings (SSSR count). The number of hydrogen-bond acceptors (Lipinski definition) is 3. The van der Waals surface area contributed by atoms with Gasteiger partial charge in [-0.25, -0.2) is 10.2 Å². The molecule has 0 spiro atoms. The fraction of sp³-hybridized carbons (Fsp3) is 0. The highest BCUT2D eigenvalue weighted by molar-refractivity contribution is 7.96. The monoisotopic (exact) mass is 120 g/mol. The summed E-state index contributed by atoms with van der Waals surface area (Å²) in [6.07, 6.45) is 0.750. The number of rotatable bonds is 0. The van der Waals surface area contributed by atoms with Crippen LogP contribution in [0.25, 0.3) is 0 Å². The van der Waals surface area contributed by atoms with Gasteiger partial charge < -0.3 is 5.73 Å². The number of isocyanates is 1. The third-order valence-electron chi connectivity index (χ3n) is 0. The Morgan fingerprint density at radius 1 is 1.86 bits per heavy atom. The molecule has 1 amide bonds. The van der Waals surface area contributed by atoms with E-state index in [1.165, 1.54) is 0 Å². The number of carbonyl (C=O) groups is 1. The fourth-order valence-corrected chi connectivity index (χ4v) is 0. The van der Waals surface area contributed by atoms with E-state index in [0.29, 0.717) is 0 Å². The van der Waals surface area contributed by atoms with E-state index in [1.54, 1.807) is 0 Å². The van der Waals surface area contributed by atoms with E-state index in [9.17, 15) is 0 Å². The predicted octanol–water partition coefficient (Wildman–Crippen LogP) is -0.104. The van der Waals surface area contributed by atoms with Crippen molar-refractivity contribution in [2.45, 2.75) is 0 Å². The van der Waals surface area contributed by atoms with Gasteiger partial charge in [-0.3, -0.25) is 4.79 Å². The Morgan fingerprint density at radius 2 is 1.86 bits per heavy atom. The minimum Gasteiger partial charge on any atom is -0.361 e. The Bertz CT molecular complexity index is 81.7. The van der Waals surface area contributed by atoms with Crippen LogP contribution in [-0.2, 0) is 4.79 Å². The molecule has 0 saturated heterocycles. The summed E-state index contributed by atoms with van der Waals surface area (Å²) in [6, 6.07) is 0. The van der Waals surface area contributed by atoms with Crippen LogP contribution in [0.1, 0.15) is 0 Å². The van der Waals surface area contributed by atoms with Crippen LogP contribution in [0.2, 0.25) is 0 Å². The summed E-state index contributed by atoms with van der Waals surface area (Å²) in [4.78, 5) is 17.4. The lowest BCUT2D eigenvalue weighted by Crippen LogP contribution is -1.95. The second-order valence-electron chi connectivity index (χ2n) is 0.440. The maximum atomic E-state index is 9.09. The first kappa shape index (κ1) is 9.50. The van der Waals surface area contributed by atoms with Gasteiger partial charge in [0.2, 0.25) is 6.08 Å². The second-order valence-corrected chi connectivity index (χ2v) is 0.881. The molecule has 0 aromatic heterocycles. The van der Waals surface area contributed by atoms with E-state index >= 15 is 0 Å². The molecule has 0 aliphatic heterocycles. The lowest BCUT2D eigenvalue weighted by atomic mass is 11.5. The summed E-state index contributed by atoms with van der Waals surface area (Å²) >= 11 is 3.10. The SMILES string of the molecule is N=C=O.NC(=O)S. The molecule has 0 aromatic rings. The quantitative estimate of drug-likeness (QED) is 0.237. The number of hydrogen-bond donors (Lipinski definition) is 3. The molecule has 0 radical (unpaired) electrons. The van der Waals surface area contributed by atoms with E-state index < -0.39 is 5.24 Å². The number of thiol groups is 1. The number of nitrogens with one attached hydrogen (secondary N) is 1. The molecular weight excluding hydrogens is 116 g/mol. The first-order valence-corrected chi connectivity index (χ1v) is 1.62. The molecule has 0 aliphatic rings. The van der Waals surface area contributed by atoms with Crippen LogP contribution in [0.5, 0.6) is 0 Å². The topological polar surface area (TPSA) is 84.0 Å². The van der Waals surface area contributed by atoms with Crippen molar-refractivity contribution in [3.05, 3.63) is 0 Å². The molecule has 0 bridgehead atoms. The normalized spacial score (nSPS) is 4.71. The van der Waals surface area contributed by atoms with Crippen LogP contribution in [0.4, 0.5) is 4.79 Å². The van der Waals surface area contributed by atoms with Crippen molar-refractivity contribution in [3.8, 4) is 0 Å². The van der Waals surface area contributed by atoms with E-state index in [0.717, 1.165) is 6.08 Å². The Labute approximate surface area is 45.6 Å². The van der Waals surface area contributed by atoms with Crippen molar-refractivity contribution in [1.29, 1.82) is 5.41 Å². The lowest BCUT2D eigenvalue weighted by molar-refractivity contribution is 0.267. The smallest absolute Gasteiger partial charge is 0.273 e. The van der Waals surface area contributed by atoms with Crippen molar-refractivity contribution in [2.75, 3.05) is 0 Å². The maximum absolute atomic E-state index is 9.09. The fourth-order valence-electron chi connectivity index (χ4n) is 0. The number of carbonyl (C=O) groups excluding carboxylic acids is 2. The summed E-state index contributed by atoms with van der Waals surface area (Å²) in [5.41, 5.74) is 4.34. The predicted molar refractivity (Wildman–Crippen MR) is 27.0 cm³/mol. The van der Waals surface area contributed by atoms with E-state index in [-0.39, 0.29) is 0 Å². The molecule has 0 unspecified atom stereocenters.